The number of ether oxygens (including phenoxy) is 1. The first-order valence-electron chi connectivity index (χ1n) is 5.11. The number of nitrogens with two attached hydrogens (primary N) is 1. The summed E-state index contributed by atoms with van der Waals surface area (Å²) in [6.45, 7) is 6.48. The number of carbonyl (C=O) groups is 2. The first-order valence-corrected chi connectivity index (χ1v) is 5.11. The first kappa shape index (κ1) is 14.7. The number of nitrogens with zero attached hydrogens (tertiary/aromatic N) is 1. The number of amides is 2. The molecule has 0 aromatic heterocycles. The van der Waals surface area contributed by atoms with Gasteiger partial charge in [0.2, 0.25) is 6.41 Å². The fourth-order valence-electron chi connectivity index (χ4n) is 1.23. The van der Waals surface area contributed by atoms with Gasteiger partial charge in [-0.15, -0.1) is 0 Å². The molecule has 3 N–H and O–H groups in total. The molecule has 0 spiro atoms. The predicted molar refractivity (Wildman–Crippen MR) is 58.7 cm³/mol. The highest BCUT2D eigenvalue weighted by Gasteiger charge is 2.28. The molecule has 1 fully saturated rings. The van der Waals surface area contributed by atoms with Crippen molar-refractivity contribution in [2.45, 2.75) is 38.9 Å². The van der Waals surface area contributed by atoms with E-state index < -0.39 is 5.60 Å². The average Bonchev–Trinajstić information content (AvgIpc) is 2.50. The maximum atomic E-state index is 11.4. The van der Waals surface area contributed by atoms with Crippen LogP contribution in [-0.4, -0.2) is 47.3 Å². The van der Waals surface area contributed by atoms with Crippen molar-refractivity contribution < 1.29 is 19.4 Å². The van der Waals surface area contributed by atoms with Crippen molar-refractivity contribution in [3.63, 3.8) is 0 Å². The molecule has 6 nitrogen and oxygen atoms in total. The van der Waals surface area contributed by atoms with Crippen LogP contribution in [0.15, 0.2) is 0 Å². The van der Waals surface area contributed by atoms with Gasteiger partial charge in [-0.2, -0.15) is 0 Å². The van der Waals surface area contributed by atoms with Crippen molar-refractivity contribution in [3.8, 4) is 0 Å². The van der Waals surface area contributed by atoms with E-state index in [1.165, 1.54) is 4.90 Å². The zero-order valence-corrected chi connectivity index (χ0v) is 9.97. The molecular formula is C10H20N2O4. The van der Waals surface area contributed by atoms with Gasteiger partial charge in [0.15, 0.2) is 0 Å². The summed E-state index contributed by atoms with van der Waals surface area (Å²) in [4.78, 5) is 21.5. The number of aliphatic hydroxyl groups is 1. The van der Waals surface area contributed by atoms with Gasteiger partial charge in [-0.3, -0.25) is 4.79 Å². The van der Waals surface area contributed by atoms with E-state index in [-0.39, 0.29) is 18.6 Å². The summed E-state index contributed by atoms with van der Waals surface area (Å²) in [5.74, 6) is 0. The minimum atomic E-state index is -0.454. The van der Waals surface area contributed by atoms with Gasteiger partial charge in [-0.25, -0.2) is 4.79 Å². The second-order valence-electron chi connectivity index (χ2n) is 4.50. The number of likely N-dealkylation sites (tertiary alicyclic amines) is 1. The predicted octanol–water partition coefficient (Wildman–Crippen LogP) is 0.0896. The molecule has 0 aromatic carbocycles. The molecule has 2 amide bonds. The Morgan fingerprint density at radius 2 is 2.06 bits per heavy atom. The van der Waals surface area contributed by atoms with Crippen LogP contribution in [0.25, 0.3) is 0 Å². The summed E-state index contributed by atoms with van der Waals surface area (Å²) >= 11 is 0. The third-order valence-electron chi connectivity index (χ3n) is 1.82. The van der Waals surface area contributed by atoms with Crippen LogP contribution in [0.3, 0.4) is 0 Å². The molecule has 0 aliphatic carbocycles. The van der Waals surface area contributed by atoms with Gasteiger partial charge in [-0.1, -0.05) is 0 Å². The molecule has 1 heterocycles. The molecule has 1 aliphatic heterocycles. The Bertz CT molecular complexity index is 237. The third-order valence-corrected chi connectivity index (χ3v) is 1.82. The number of hydrogen-bond donors (Lipinski definition) is 2. The lowest BCUT2D eigenvalue weighted by Crippen LogP contribution is -2.35. The second kappa shape index (κ2) is 6.32. The van der Waals surface area contributed by atoms with Gasteiger partial charge in [0.25, 0.3) is 0 Å². The van der Waals surface area contributed by atoms with Gasteiger partial charge in [0, 0.05) is 13.1 Å². The molecule has 0 bridgehead atoms. The van der Waals surface area contributed by atoms with Gasteiger partial charge >= 0.3 is 6.09 Å². The smallest absolute Gasteiger partial charge is 0.410 e. The molecular weight excluding hydrogens is 212 g/mol. The standard InChI is InChI=1S/C9H17NO3.CH3NO/c1-9(2,3)13-8(12)10-5-4-7(11)6-10;2-1-3/h7,11H,4-6H2,1-3H3;1H,(H2,2,3)/t7-;/m1./s1. The van der Waals surface area contributed by atoms with Crippen LogP contribution in [-0.2, 0) is 9.53 Å². The summed E-state index contributed by atoms with van der Waals surface area (Å²) in [5, 5.41) is 9.20. The minimum Gasteiger partial charge on any atom is -0.444 e. The molecule has 94 valence electrons. The molecule has 16 heavy (non-hydrogen) atoms. The van der Waals surface area contributed by atoms with Gasteiger partial charge in [0.05, 0.1) is 6.10 Å². The van der Waals surface area contributed by atoms with Crippen molar-refractivity contribution in [2.24, 2.45) is 5.73 Å². The Morgan fingerprint density at radius 1 is 1.56 bits per heavy atom. The van der Waals surface area contributed by atoms with Crippen LogP contribution in [0.5, 0.6) is 0 Å². The molecule has 1 rings (SSSR count). The molecule has 0 radical (unpaired) electrons. The maximum absolute atomic E-state index is 11.4. The van der Waals surface area contributed by atoms with Crippen molar-refractivity contribution in [1.29, 1.82) is 0 Å². The Kier molecular flexibility index (Phi) is 5.81. The van der Waals surface area contributed by atoms with Gasteiger partial charge < -0.3 is 20.5 Å². The lowest BCUT2D eigenvalue weighted by Gasteiger charge is -2.24. The Hall–Kier alpha value is -1.30. The zero-order chi connectivity index (χ0) is 12.8. The molecule has 0 saturated carbocycles. The summed E-state index contributed by atoms with van der Waals surface area (Å²) in [5.41, 5.74) is 3.71. The highest BCUT2D eigenvalue weighted by atomic mass is 16.6. The van der Waals surface area contributed by atoms with Crippen molar-refractivity contribution in [1.82, 2.24) is 4.90 Å². The molecule has 1 atom stereocenters. The summed E-state index contributed by atoms with van der Waals surface area (Å²) in [7, 11) is 0. The van der Waals surface area contributed by atoms with Crippen molar-refractivity contribution >= 4 is 12.5 Å². The normalized spacial score (nSPS) is 19.8. The fourth-order valence-corrected chi connectivity index (χ4v) is 1.23. The Morgan fingerprint density at radius 3 is 2.38 bits per heavy atom. The van der Waals surface area contributed by atoms with Crippen LogP contribution in [0.1, 0.15) is 27.2 Å². The molecule has 0 unspecified atom stereocenters. The quantitative estimate of drug-likeness (QED) is 0.579. The minimum absolute atomic E-state index is 0.250. The van der Waals surface area contributed by atoms with Gasteiger partial charge in [0.1, 0.15) is 5.60 Å². The van der Waals surface area contributed by atoms with E-state index in [0.717, 1.165) is 0 Å². The largest absolute Gasteiger partial charge is 0.444 e. The number of rotatable bonds is 0. The van der Waals surface area contributed by atoms with E-state index >= 15 is 0 Å². The van der Waals surface area contributed by atoms with E-state index in [2.05, 4.69) is 5.73 Å². The Labute approximate surface area is 95.4 Å². The van der Waals surface area contributed by atoms with Crippen molar-refractivity contribution in [3.05, 3.63) is 0 Å². The number of primary amides is 1. The van der Waals surface area contributed by atoms with Crippen LogP contribution in [0.4, 0.5) is 4.79 Å². The lowest BCUT2D eigenvalue weighted by atomic mass is 10.2. The number of β-amino-alcohol motifs (C(OH)–C–C–N with tert-alkyl or cyclic N) is 1. The summed E-state index contributed by atoms with van der Waals surface area (Å²) in [6.07, 6.45) is 0.191. The highest BCUT2D eigenvalue weighted by Crippen LogP contribution is 2.14. The van der Waals surface area contributed by atoms with Crippen LogP contribution >= 0.6 is 0 Å². The number of aliphatic hydroxyl groups excluding tert-OH is 1. The van der Waals surface area contributed by atoms with Crippen LogP contribution < -0.4 is 5.73 Å². The van der Waals surface area contributed by atoms with Crippen LogP contribution in [0.2, 0.25) is 0 Å². The lowest BCUT2D eigenvalue weighted by molar-refractivity contribution is -0.106. The molecule has 0 aromatic rings. The third kappa shape index (κ3) is 6.23. The second-order valence-corrected chi connectivity index (χ2v) is 4.50. The molecule has 6 heteroatoms. The van der Waals surface area contributed by atoms with E-state index in [9.17, 15) is 9.90 Å². The van der Waals surface area contributed by atoms with Gasteiger partial charge in [-0.05, 0) is 27.2 Å². The summed E-state index contributed by atoms with van der Waals surface area (Å²) < 4.78 is 5.15. The molecule has 1 saturated heterocycles. The average molecular weight is 232 g/mol. The van der Waals surface area contributed by atoms with E-state index in [1.807, 2.05) is 20.8 Å². The van der Waals surface area contributed by atoms with Crippen LogP contribution in [0, 0.1) is 0 Å². The first-order chi connectivity index (χ1) is 7.30. The van der Waals surface area contributed by atoms with E-state index in [1.54, 1.807) is 0 Å². The fraction of sp³-hybridized carbons (Fsp3) is 0.800. The monoisotopic (exact) mass is 232 g/mol. The maximum Gasteiger partial charge on any atom is 0.410 e. The highest BCUT2D eigenvalue weighted by molar-refractivity contribution is 5.68. The van der Waals surface area contributed by atoms with E-state index in [4.69, 9.17) is 9.53 Å². The Balaban J connectivity index is 0.000000673. The summed E-state index contributed by atoms with van der Waals surface area (Å²) in [6, 6.07) is 0. The SMILES string of the molecule is CC(C)(C)OC(=O)N1CC[C@@H](O)C1.NC=O. The van der Waals surface area contributed by atoms with Crippen molar-refractivity contribution in [2.75, 3.05) is 13.1 Å². The number of hydrogen-bond acceptors (Lipinski definition) is 4. The zero-order valence-electron chi connectivity index (χ0n) is 9.97. The number of carbonyl (C=O) groups excluding carboxylic acids is 2. The van der Waals surface area contributed by atoms with E-state index in [0.29, 0.717) is 19.5 Å². The topological polar surface area (TPSA) is 92.9 Å². The molecule has 1 aliphatic rings.